The molecule has 2 heterocycles. The molecule has 0 spiro atoms. The Labute approximate surface area is 145 Å². The molecule has 1 atom stereocenters. The molecule has 1 N–H and O–H groups in total. The predicted octanol–water partition coefficient (Wildman–Crippen LogP) is 1.84. The predicted molar refractivity (Wildman–Crippen MR) is 96.3 cm³/mol. The van der Waals surface area contributed by atoms with E-state index in [0.717, 1.165) is 58.0 Å². The number of rotatable bonds is 6. The maximum Gasteiger partial charge on any atom is 0.238 e. The zero-order valence-corrected chi connectivity index (χ0v) is 14.7. The zero-order chi connectivity index (χ0) is 16.8. The van der Waals surface area contributed by atoms with Crippen molar-refractivity contribution in [1.82, 2.24) is 9.80 Å². The number of aryl methyl sites for hydroxylation is 1. The highest BCUT2D eigenvalue weighted by molar-refractivity contribution is 5.92. The normalized spacial score (nSPS) is 22.6. The molecule has 2 saturated heterocycles. The average Bonchev–Trinajstić information content (AvgIpc) is 3.02. The number of amides is 1. The fourth-order valence-corrected chi connectivity index (χ4v) is 3.63. The summed E-state index contributed by atoms with van der Waals surface area (Å²) in [4.78, 5) is 17.1. The smallest absolute Gasteiger partial charge is 0.238 e. The van der Waals surface area contributed by atoms with Gasteiger partial charge in [0.1, 0.15) is 0 Å². The van der Waals surface area contributed by atoms with Crippen LogP contribution in [0.25, 0.3) is 0 Å². The number of likely N-dealkylation sites (tertiary alicyclic amines) is 1. The molecule has 1 unspecified atom stereocenters. The summed E-state index contributed by atoms with van der Waals surface area (Å²) in [7, 11) is 0. The summed E-state index contributed by atoms with van der Waals surface area (Å²) < 4.78 is 5.41. The van der Waals surface area contributed by atoms with Crippen LogP contribution < -0.4 is 5.32 Å². The first-order chi connectivity index (χ1) is 11.7. The molecule has 24 heavy (non-hydrogen) atoms. The second kappa shape index (κ2) is 8.60. The van der Waals surface area contributed by atoms with Gasteiger partial charge in [0.25, 0.3) is 0 Å². The van der Waals surface area contributed by atoms with E-state index < -0.39 is 0 Å². The van der Waals surface area contributed by atoms with E-state index in [2.05, 4.69) is 34.2 Å². The number of ether oxygens (including phenoxy) is 1. The second-order valence-electron chi connectivity index (χ2n) is 6.90. The molecular weight excluding hydrogens is 302 g/mol. The summed E-state index contributed by atoms with van der Waals surface area (Å²) in [5.74, 6) is 0.773. The minimum atomic E-state index is 0.0928. The molecule has 2 aliphatic rings. The highest BCUT2D eigenvalue weighted by Crippen LogP contribution is 2.18. The molecule has 0 saturated carbocycles. The maximum atomic E-state index is 12.3. The quantitative estimate of drug-likeness (QED) is 0.864. The van der Waals surface area contributed by atoms with Crippen LogP contribution in [0.5, 0.6) is 0 Å². The molecule has 0 aliphatic carbocycles. The molecule has 1 aromatic rings. The van der Waals surface area contributed by atoms with Crippen molar-refractivity contribution in [3.8, 4) is 0 Å². The first-order valence-corrected chi connectivity index (χ1v) is 9.14. The van der Waals surface area contributed by atoms with Gasteiger partial charge in [0.15, 0.2) is 0 Å². The summed E-state index contributed by atoms with van der Waals surface area (Å²) >= 11 is 0. The van der Waals surface area contributed by atoms with Crippen LogP contribution in [0.1, 0.15) is 18.9 Å². The number of nitrogens with zero attached hydrogens (tertiary/aromatic N) is 2. The molecule has 2 aliphatic heterocycles. The van der Waals surface area contributed by atoms with Crippen molar-refractivity contribution in [2.75, 3.05) is 57.8 Å². The van der Waals surface area contributed by atoms with Gasteiger partial charge >= 0.3 is 0 Å². The number of hydrogen-bond donors (Lipinski definition) is 1. The number of anilines is 1. The van der Waals surface area contributed by atoms with Crippen LogP contribution >= 0.6 is 0 Å². The van der Waals surface area contributed by atoms with E-state index in [1.54, 1.807) is 0 Å². The van der Waals surface area contributed by atoms with Gasteiger partial charge in [-0.15, -0.1) is 0 Å². The first kappa shape index (κ1) is 17.4. The van der Waals surface area contributed by atoms with Crippen LogP contribution in [-0.4, -0.2) is 68.2 Å². The summed E-state index contributed by atoms with van der Waals surface area (Å²) in [6.07, 6.45) is 2.18. The topological polar surface area (TPSA) is 44.8 Å². The van der Waals surface area contributed by atoms with Crippen molar-refractivity contribution in [2.24, 2.45) is 5.92 Å². The Kier molecular flexibility index (Phi) is 6.24. The first-order valence-electron chi connectivity index (χ1n) is 9.14. The van der Waals surface area contributed by atoms with E-state index in [1.807, 2.05) is 12.1 Å². The minimum Gasteiger partial charge on any atom is -0.379 e. The Bertz CT molecular complexity index is 543. The van der Waals surface area contributed by atoms with Gasteiger partial charge in [0, 0.05) is 31.9 Å². The summed E-state index contributed by atoms with van der Waals surface area (Å²) in [6.45, 7) is 9.62. The van der Waals surface area contributed by atoms with Crippen molar-refractivity contribution in [1.29, 1.82) is 0 Å². The molecule has 3 rings (SSSR count). The van der Waals surface area contributed by atoms with Crippen LogP contribution in [0.2, 0.25) is 0 Å². The zero-order valence-electron chi connectivity index (χ0n) is 14.7. The van der Waals surface area contributed by atoms with Crippen molar-refractivity contribution < 1.29 is 9.53 Å². The van der Waals surface area contributed by atoms with Crippen LogP contribution in [0.15, 0.2) is 24.3 Å². The van der Waals surface area contributed by atoms with E-state index in [1.165, 1.54) is 12.0 Å². The number of carbonyl (C=O) groups excluding carboxylic acids is 1. The van der Waals surface area contributed by atoms with Gasteiger partial charge in [0.2, 0.25) is 5.91 Å². The van der Waals surface area contributed by atoms with Crippen LogP contribution in [0.3, 0.4) is 0 Å². The lowest BCUT2D eigenvalue weighted by Crippen LogP contribution is -2.40. The molecule has 1 aromatic carbocycles. The molecule has 0 aromatic heterocycles. The second-order valence-corrected chi connectivity index (χ2v) is 6.90. The Morgan fingerprint density at radius 3 is 2.88 bits per heavy atom. The maximum absolute atomic E-state index is 12.3. The third kappa shape index (κ3) is 5.03. The van der Waals surface area contributed by atoms with Gasteiger partial charge < -0.3 is 10.1 Å². The van der Waals surface area contributed by atoms with Crippen molar-refractivity contribution in [3.05, 3.63) is 29.8 Å². The third-order valence-corrected chi connectivity index (χ3v) is 4.98. The summed E-state index contributed by atoms with van der Waals surface area (Å²) in [5.41, 5.74) is 2.16. The van der Waals surface area contributed by atoms with Gasteiger partial charge in [-0.25, -0.2) is 0 Å². The monoisotopic (exact) mass is 331 g/mol. The third-order valence-electron chi connectivity index (χ3n) is 4.98. The molecule has 0 radical (unpaired) electrons. The van der Waals surface area contributed by atoms with Gasteiger partial charge in [-0.1, -0.05) is 19.1 Å². The van der Waals surface area contributed by atoms with E-state index >= 15 is 0 Å². The van der Waals surface area contributed by atoms with Crippen molar-refractivity contribution in [3.63, 3.8) is 0 Å². The molecule has 2 fully saturated rings. The van der Waals surface area contributed by atoms with E-state index in [-0.39, 0.29) is 5.91 Å². The highest BCUT2D eigenvalue weighted by Gasteiger charge is 2.26. The van der Waals surface area contributed by atoms with Crippen LogP contribution in [0, 0.1) is 5.92 Å². The number of morpholine rings is 1. The van der Waals surface area contributed by atoms with E-state index in [0.29, 0.717) is 12.5 Å². The van der Waals surface area contributed by atoms with Crippen LogP contribution in [0.4, 0.5) is 5.69 Å². The number of nitrogens with one attached hydrogen (secondary N) is 1. The molecule has 1 amide bonds. The fraction of sp³-hybridized carbons (Fsp3) is 0.632. The van der Waals surface area contributed by atoms with E-state index in [9.17, 15) is 4.79 Å². The van der Waals surface area contributed by atoms with Crippen molar-refractivity contribution in [2.45, 2.75) is 19.8 Å². The summed E-state index contributed by atoms with van der Waals surface area (Å²) in [6, 6.07) is 8.11. The summed E-state index contributed by atoms with van der Waals surface area (Å²) in [5, 5.41) is 3.03. The van der Waals surface area contributed by atoms with Gasteiger partial charge in [-0.05, 0) is 43.0 Å². The Morgan fingerprint density at radius 1 is 1.25 bits per heavy atom. The van der Waals surface area contributed by atoms with Gasteiger partial charge in [-0.3, -0.25) is 14.6 Å². The number of carbonyl (C=O) groups is 1. The fourth-order valence-electron chi connectivity index (χ4n) is 3.63. The average molecular weight is 331 g/mol. The SMILES string of the molecule is CCc1cccc(NC(=O)CN2CCC(CN3CCOCC3)C2)c1. The highest BCUT2D eigenvalue weighted by atomic mass is 16.5. The van der Waals surface area contributed by atoms with Crippen LogP contribution in [-0.2, 0) is 16.0 Å². The van der Waals surface area contributed by atoms with Gasteiger partial charge in [-0.2, -0.15) is 0 Å². The Morgan fingerprint density at radius 2 is 2.08 bits per heavy atom. The van der Waals surface area contributed by atoms with Crippen molar-refractivity contribution >= 4 is 11.6 Å². The number of hydrogen-bond acceptors (Lipinski definition) is 4. The number of benzene rings is 1. The standard InChI is InChI=1S/C19H29N3O2/c1-2-16-4-3-5-18(12-16)20-19(23)15-22-7-6-17(14-22)13-21-8-10-24-11-9-21/h3-5,12,17H,2,6-11,13-15H2,1H3,(H,20,23). The molecule has 0 bridgehead atoms. The molecule has 5 heteroatoms. The lowest BCUT2D eigenvalue weighted by atomic mass is 10.1. The Hall–Kier alpha value is -1.43. The molecule has 5 nitrogen and oxygen atoms in total. The minimum absolute atomic E-state index is 0.0928. The van der Waals surface area contributed by atoms with Gasteiger partial charge in [0.05, 0.1) is 19.8 Å². The lowest BCUT2D eigenvalue weighted by molar-refractivity contribution is -0.117. The lowest BCUT2D eigenvalue weighted by Gasteiger charge is -2.29. The molecular formula is C19H29N3O2. The Balaban J connectivity index is 1.42. The largest absolute Gasteiger partial charge is 0.379 e. The van der Waals surface area contributed by atoms with E-state index in [4.69, 9.17) is 4.74 Å². The molecule has 132 valence electrons.